The van der Waals surface area contributed by atoms with Crippen LogP contribution in [0.1, 0.15) is 29.0 Å². The van der Waals surface area contributed by atoms with Crippen molar-refractivity contribution in [3.05, 3.63) is 29.6 Å². The van der Waals surface area contributed by atoms with Crippen molar-refractivity contribution >= 4 is 22.9 Å². The van der Waals surface area contributed by atoms with Gasteiger partial charge in [-0.15, -0.1) is 10.2 Å². The van der Waals surface area contributed by atoms with Crippen molar-refractivity contribution in [2.45, 2.75) is 19.8 Å². The number of nitrogens with zero attached hydrogens (tertiary/aromatic N) is 4. The molecule has 0 bridgehead atoms. The van der Waals surface area contributed by atoms with Gasteiger partial charge in [0.1, 0.15) is 5.52 Å². The second kappa shape index (κ2) is 6.28. The number of amides is 1. The fourth-order valence-electron chi connectivity index (χ4n) is 2.76. The lowest BCUT2D eigenvalue weighted by molar-refractivity contribution is -0.146. The van der Waals surface area contributed by atoms with E-state index in [-0.39, 0.29) is 23.6 Å². The summed E-state index contributed by atoms with van der Waals surface area (Å²) in [6.45, 7) is 2.95. The molecule has 1 fully saturated rings. The first-order valence-corrected chi connectivity index (χ1v) is 7.56. The predicted octanol–water partition coefficient (Wildman–Crippen LogP) is 1.36. The number of aryl methyl sites for hydroxylation is 1. The van der Waals surface area contributed by atoms with E-state index in [1.165, 1.54) is 7.11 Å². The first-order chi connectivity index (χ1) is 11.1. The number of rotatable bonds is 2. The minimum atomic E-state index is -0.246. The monoisotopic (exact) mass is 314 g/mol. The standard InChI is InChI=1S/C16H18N4O3/c1-10-3-4-12-13(9-10)17-14(19-18-12)15(21)20-7-5-11(6-8-20)16(22)23-2/h3-4,9,11H,5-8H2,1-2H3. The van der Waals surface area contributed by atoms with Crippen LogP contribution in [0, 0.1) is 12.8 Å². The number of piperidine rings is 1. The molecule has 1 aromatic heterocycles. The highest BCUT2D eigenvalue weighted by Crippen LogP contribution is 2.20. The number of benzene rings is 1. The Kier molecular flexibility index (Phi) is 4.18. The van der Waals surface area contributed by atoms with E-state index in [1.807, 2.05) is 25.1 Å². The minimum absolute atomic E-state index is 0.0969. The molecule has 7 heteroatoms. The first kappa shape index (κ1) is 15.3. The SMILES string of the molecule is COC(=O)C1CCN(C(=O)c2nnc3ccc(C)cc3n2)CC1. The van der Waals surface area contributed by atoms with Crippen molar-refractivity contribution in [3.63, 3.8) is 0 Å². The van der Waals surface area contributed by atoms with Gasteiger partial charge in [0, 0.05) is 13.1 Å². The Labute approximate surface area is 133 Å². The summed E-state index contributed by atoms with van der Waals surface area (Å²) in [6.07, 6.45) is 1.19. The number of likely N-dealkylation sites (tertiary alicyclic amines) is 1. The molecule has 7 nitrogen and oxygen atoms in total. The van der Waals surface area contributed by atoms with Gasteiger partial charge in [0.05, 0.1) is 18.5 Å². The topological polar surface area (TPSA) is 85.3 Å². The number of hydrogen-bond acceptors (Lipinski definition) is 6. The molecule has 1 amide bonds. The molecule has 1 saturated heterocycles. The van der Waals surface area contributed by atoms with Gasteiger partial charge in [-0.25, -0.2) is 4.98 Å². The lowest BCUT2D eigenvalue weighted by Crippen LogP contribution is -2.41. The number of hydrogen-bond donors (Lipinski definition) is 0. The summed E-state index contributed by atoms with van der Waals surface area (Å²) in [5, 5.41) is 8.00. The van der Waals surface area contributed by atoms with Crippen LogP contribution in [0.4, 0.5) is 0 Å². The molecule has 0 saturated carbocycles. The van der Waals surface area contributed by atoms with Crippen LogP contribution in [-0.2, 0) is 9.53 Å². The van der Waals surface area contributed by atoms with Crippen molar-refractivity contribution in [2.75, 3.05) is 20.2 Å². The van der Waals surface area contributed by atoms with Gasteiger partial charge in [-0.05, 0) is 37.5 Å². The van der Waals surface area contributed by atoms with Crippen LogP contribution in [-0.4, -0.2) is 52.2 Å². The molecule has 3 rings (SSSR count). The number of esters is 1. The molecular weight excluding hydrogens is 296 g/mol. The van der Waals surface area contributed by atoms with Crippen molar-refractivity contribution in [3.8, 4) is 0 Å². The Morgan fingerprint density at radius 1 is 1.17 bits per heavy atom. The molecule has 2 heterocycles. The molecule has 0 atom stereocenters. The van der Waals surface area contributed by atoms with E-state index in [0.29, 0.717) is 37.0 Å². The summed E-state index contributed by atoms with van der Waals surface area (Å²) < 4.78 is 4.75. The van der Waals surface area contributed by atoms with Gasteiger partial charge < -0.3 is 9.64 Å². The summed E-state index contributed by atoms with van der Waals surface area (Å²) in [6, 6.07) is 5.64. The smallest absolute Gasteiger partial charge is 0.308 e. The Hall–Kier alpha value is -2.57. The Morgan fingerprint density at radius 2 is 1.91 bits per heavy atom. The van der Waals surface area contributed by atoms with Crippen LogP contribution < -0.4 is 0 Å². The maximum Gasteiger partial charge on any atom is 0.308 e. The molecule has 2 aromatic rings. The zero-order chi connectivity index (χ0) is 16.4. The van der Waals surface area contributed by atoms with Crippen LogP contribution in [0.25, 0.3) is 11.0 Å². The maximum atomic E-state index is 12.5. The maximum absolute atomic E-state index is 12.5. The van der Waals surface area contributed by atoms with Crippen LogP contribution in [0.2, 0.25) is 0 Å². The van der Waals surface area contributed by atoms with Gasteiger partial charge in [0.2, 0.25) is 5.82 Å². The van der Waals surface area contributed by atoms with E-state index >= 15 is 0 Å². The third-order valence-corrected chi connectivity index (χ3v) is 4.12. The van der Waals surface area contributed by atoms with Crippen LogP contribution in [0.3, 0.4) is 0 Å². The number of fused-ring (bicyclic) bond motifs is 1. The molecule has 23 heavy (non-hydrogen) atoms. The van der Waals surface area contributed by atoms with Gasteiger partial charge in [0.25, 0.3) is 5.91 Å². The van der Waals surface area contributed by atoms with Gasteiger partial charge in [-0.3, -0.25) is 9.59 Å². The van der Waals surface area contributed by atoms with Crippen LogP contribution in [0.15, 0.2) is 18.2 Å². The average molecular weight is 314 g/mol. The van der Waals surface area contributed by atoms with E-state index in [9.17, 15) is 9.59 Å². The third kappa shape index (κ3) is 3.13. The highest BCUT2D eigenvalue weighted by atomic mass is 16.5. The molecule has 0 radical (unpaired) electrons. The second-order valence-electron chi connectivity index (χ2n) is 5.72. The van der Waals surface area contributed by atoms with Crippen LogP contribution in [0.5, 0.6) is 0 Å². The van der Waals surface area contributed by atoms with Gasteiger partial charge in [-0.1, -0.05) is 6.07 Å². The Morgan fingerprint density at radius 3 is 2.61 bits per heavy atom. The number of carbonyl (C=O) groups excluding carboxylic acids is 2. The number of methoxy groups -OCH3 is 1. The molecule has 0 unspecified atom stereocenters. The van der Waals surface area contributed by atoms with E-state index < -0.39 is 0 Å². The van der Waals surface area contributed by atoms with Gasteiger partial charge >= 0.3 is 5.97 Å². The highest BCUT2D eigenvalue weighted by Gasteiger charge is 2.29. The molecule has 0 spiro atoms. The highest BCUT2D eigenvalue weighted by molar-refractivity contribution is 5.92. The molecular formula is C16H18N4O3. The van der Waals surface area contributed by atoms with Crippen molar-refractivity contribution in [1.29, 1.82) is 0 Å². The van der Waals surface area contributed by atoms with E-state index in [4.69, 9.17) is 4.74 Å². The molecule has 1 aliphatic rings. The Balaban J connectivity index is 1.75. The molecule has 1 aromatic carbocycles. The zero-order valence-corrected chi connectivity index (χ0v) is 13.2. The van der Waals surface area contributed by atoms with E-state index in [0.717, 1.165) is 5.56 Å². The summed E-state index contributed by atoms with van der Waals surface area (Å²) in [5.41, 5.74) is 2.37. The molecule has 0 N–H and O–H groups in total. The zero-order valence-electron chi connectivity index (χ0n) is 13.2. The first-order valence-electron chi connectivity index (χ1n) is 7.56. The van der Waals surface area contributed by atoms with Crippen LogP contribution >= 0.6 is 0 Å². The van der Waals surface area contributed by atoms with Crippen molar-refractivity contribution in [2.24, 2.45) is 5.92 Å². The van der Waals surface area contributed by atoms with Gasteiger partial charge in [-0.2, -0.15) is 0 Å². The lowest BCUT2D eigenvalue weighted by Gasteiger charge is -2.30. The quantitative estimate of drug-likeness (QED) is 0.778. The summed E-state index contributed by atoms with van der Waals surface area (Å²) >= 11 is 0. The number of aromatic nitrogens is 3. The third-order valence-electron chi connectivity index (χ3n) is 4.12. The summed E-state index contributed by atoms with van der Waals surface area (Å²) in [4.78, 5) is 30.0. The summed E-state index contributed by atoms with van der Waals surface area (Å²) in [7, 11) is 1.39. The number of carbonyl (C=O) groups is 2. The predicted molar refractivity (Wildman–Crippen MR) is 82.7 cm³/mol. The second-order valence-corrected chi connectivity index (χ2v) is 5.72. The van der Waals surface area contributed by atoms with Crippen molar-refractivity contribution < 1.29 is 14.3 Å². The van der Waals surface area contributed by atoms with E-state index in [2.05, 4.69) is 15.2 Å². The average Bonchev–Trinajstić information content (AvgIpc) is 2.59. The van der Waals surface area contributed by atoms with Crippen molar-refractivity contribution in [1.82, 2.24) is 20.1 Å². The number of ether oxygens (including phenoxy) is 1. The lowest BCUT2D eigenvalue weighted by atomic mass is 9.97. The fourth-order valence-corrected chi connectivity index (χ4v) is 2.76. The van der Waals surface area contributed by atoms with E-state index in [1.54, 1.807) is 4.90 Å². The molecule has 0 aliphatic carbocycles. The largest absolute Gasteiger partial charge is 0.469 e. The molecule has 120 valence electrons. The minimum Gasteiger partial charge on any atom is -0.469 e. The van der Waals surface area contributed by atoms with Gasteiger partial charge in [0.15, 0.2) is 0 Å². The summed E-state index contributed by atoms with van der Waals surface area (Å²) in [5.74, 6) is -0.498. The fraction of sp³-hybridized carbons (Fsp3) is 0.438. The molecule has 1 aliphatic heterocycles. The Bertz CT molecular complexity index is 754. The normalized spacial score (nSPS) is 15.7.